The van der Waals surface area contributed by atoms with Crippen LogP contribution >= 0.6 is 11.8 Å². The molecule has 2 heterocycles. The normalized spacial score (nSPS) is 40.6. The molecule has 0 aliphatic carbocycles. The fraction of sp³-hybridized carbons (Fsp3) is 1.00. The molecule has 0 saturated carbocycles. The molecule has 0 aromatic carbocycles. The second kappa shape index (κ2) is 5.07. The van der Waals surface area contributed by atoms with E-state index in [9.17, 15) is 0 Å². The highest BCUT2D eigenvalue weighted by Gasteiger charge is 2.33. The lowest BCUT2D eigenvalue weighted by atomic mass is 9.90. The van der Waals surface area contributed by atoms with Crippen LogP contribution in [0.5, 0.6) is 0 Å². The number of rotatable bonds is 2. The van der Waals surface area contributed by atoms with Gasteiger partial charge >= 0.3 is 0 Å². The van der Waals surface area contributed by atoms with Crippen LogP contribution in [0.3, 0.4) is 0 Å². The van der Waals surface area contributed by atoms with Gasteiger partial charge in [-0.1, -0.05) is 6.92 Å². The van der Waals surface area contributed by atoms with E-state index in [1.807, 2.05) is 0 Å². The van der Waals surface area contributed by atoms with Crippen molar-refractivity contribution in [3.05, 3.63) is 0 Å². The van der Waals surface area contributed by atoms with Gasteiger partial charge in [-0.3, -0.25) is 4.90 Å². The molecule has 2 aliphatic rings. The Labute approximate surface area is 98.0 Å². The van der Waals surface area contributed by atoms with Gasteiger partial charge < -0.3 is 5.73 Å². The molecule has 0 spiro atoms. The van der Waals surface area contributed by atoms with E-state index < -0.39 is 0 Å². The van der Waals surface area contributed by atoms with E-state index in [4.69, 9.17) is 5.73 Å². The van der Waals surface area contributed by atoms with Crippen LogP contribution in [0.25, 0.3) is 0 Å². The molecular formula is C12H24N2S. The predicted octanol–water partition coefficient (Wildman–Crippen LogP) is 1.94. The second-order valence-corrected chi connectivity index (χ2v) is 6.67. The SMILES string of the molecule is CC(N)C1CCCN(C2CCSC2C)C1. The molecular weight excluding hydrogens is 204 g/mol. The van der Waals surface area contributed by atoms with Crippen LogP contribution in [-0.2, 0) is 0 Å². The average Bonchev–Trinajstić information content (AvgIpc) is 2.64. The smallest absolute Gasteiger partial charge is 0.0219 e. The molecule has 0 amide bonds. The lowest BCUT2D eigenvalue weighted by molar-refractivity contribution is 0.114. The summed E-state index contributed by atoms with van der Waals surface area (Å²) < 4.78 is 0. The second-order valence-electron chi connectivity index (χ2n) is 5.19. The first kappa shape index (κ1) is 11.7. The minimum atomic E-state index is 0.372. The zero-order chi connectivity index (χ0) is 10.8. The molecule has 2 fully saturated rings. The zero-order valence-electron chi connectivity index (χ0n) is 9.98. The van der Waals surface area contributed by atoms with Crippen molar-refractivity contribution in [3.63, 3.8) is 0 Å². The van der Waals surface area contributed by atoms with Gasteiger partial charge in [-0.2, -0.15) is 11.8 Å². The van der Waals surface area contributed by atoms with Gasteiger partial charge in [0.25, 0.3) is 0 Å². The van der Waals surface area contributed by atoms with Gasteiger partial charge in [0.1, 0.15) is 0 Å². The van der Waals surface area contributed by atoms with Crippen LogP contribution in [0.4, 0.5) is 0 Å². The summed E-state index contributed by atoms with van der Waals surface area (Å²) in [4.78, 5) is 2.71. The Balaban J connectivity index is 1.92. The number of hydrogen-bond acceptors (Lipinski definition) is 3. The van der Waals surface area contributed by atoms with E-state index in [0.29, 0.717) is 6.04 Å². The third kappa shape index (κ3) is 2.69. The third-order valence-electron chi connectivity index (χ3n) is 4.04. The highest BCUT2D eigenvalue weighted by molar-refractivity contribution is 8.00. The van der Waals surface area contributed by atoms with Gasteiger partial charge in [0, 0.05) is 23.9 Å². The molecule has 15 heavy (non-hydrogen) atoms. The highest BCUT2D eigenvalue weighted by Crippen LogP contribution is 2.33. The van der Waals surface area contributed by atoms with Crippen LogP contribution in [0.2, 0.25) is 0 Å². The third-order valence-corrected chi connectivity index (χ3v) is 5.35. The van der Waals surface area contributed by atoms with Crippen molar-refractivity contribution in [3.8, 4) is 0 Å². The quantitative estimate of drug-likeness (QED) is 0.783. The van der Waals surface area contributed by atoms with Gasteiger partial charge in [0.2, 0.25) is 0 Å². The van der Waals surface area contributed by atoms with Crippen molar-refractivity contribution < 1.29 is 0 Å². The lowest BCUT2D eigenvalue weighted by Gasteiger charge is -2.39. The van der Waals surface area contributed by atoms with Gasteiger partial charge in [-0.25, -0.2) is 0 Å². The lowest BCUT2D eigenvalue weighted by Crippen LogP contribution is -2.48. The van der Waals surface area contributed by atoms with Crippen molar-refractivity contribution in [1.29, 1.82) is 0 Å². The maximum atomic E-state index is 6.03. The number of nitrogens with zero attached hydrogens (tertiary/aromatic N) is 1. The Hall–Kier alpha value is 0.270. The molecule has 0 aromatic heterocycles. The zero-order valence-corrected chi connectivity index (χ0v) is 10.8. The Kier molecular flexibility index (Phi) is 3.97. The molecule has 2 saturated heterocycles. The highest BCUT2D eigenvalue weighted by atomic mass is 32.2. The van der Waals surface area contributed by atoms with E-state index in [-0.39, 0.29) is 0 Å². The number of likely N-dealkylation sites (tertiary alicyclic amines) is 1. The fourth-order valence-electron chi connectivity index (χ4n) is 2.97. The van der Waals surface area contributed by atoms with Gasteiger partial charge in [0.15, 0.2) is 0 Å². The van der Waals surface area contributed by atoms with E-state index >= 15 is 0 Å². The molecule has 0 aromatic rings. The fourth-order valence-corrected chi connectivity index (χ4v) is 4.25. The van der Waals surface area contributed by atoms with Crippen molar-refractivity contribution >= 4 is 11.8 Å². The largest absolute Gasteiger partial charge is 0.328 e. The summed E-state index contributed by atoms with van der Waals surface area (Å²) in [6.45, 7) is 7.10. The van der Waals surface area contributed by atoms with Crippen molar-refractivity contribution in [1.82, 2.24) is 4.90 Å². The van der Waals surface area contributed by atoms with E-state index in [2.05, 4.69) is 30.5 Å². The molecule has 88 valence electrons. The van der Waals surface area contributed by atoms with Crippen LogP contribution in [0, 0.1) is 5.92 Å². The van der Waals surface area contributed by atoms with E-state index in [1.165, 1.54) is 38.1 Å². The van der Waals surface area contributed by atoms with E-state index in [1.54, 1.807) is 0 Å². The molecule has 4 unspecified atom stereocenters. The first-order chi connectivity index (χ1) is 7.18. The Morgan fingerprint density at radius 3 is 2.80 bits per heavy atom. The summed E-state index contributed by atoms with van der Waals surface area (Å²) in [6, 6.07) is 1.20. The number of nitrogens with two attached hydrogens (primary N) is 1. The molecule has 4 atom stereocenters. The summed E-state index contributed by atoms with van der Waals surface area (Å²) in [5, 5.41) is 0.830. The molecule has 2 aliphatic heterocycles. The maximum Gasteiger partial charge on any atom is 0.0219 e. The standard InChI is InChI=1S/C12H24N2S/c1-9(13)11-4-3-6-14(8-11)12-5-7-15-10(12)2/h9-12H,3-8,13H2,1-2H3. The van der Waals surface area contributed by atoms with Crippen LogP contribution in [0.15, 0.2) is 0 Å². The molecule has 0 radical (unpaired) electrons. The molecule has 2 rings (SSSR count). The molecule has 3 heteroatoms. The maximum absolute atomic E-state index is 6.03. The number of hydrogen-bond donors (Lipinski definition) is 1. The van der Waals surface area contributed by atoms with Crippen molar-refractivity contribution in [2.75, 3.05) is 18.8 Å². The van der Waals surface area contributed by atoms with Crippen molar-refractivity contribution in [2.24, 2.45) is 11.7 Å². The number of thioether (sulfide) groups is 1. The Morgan fingerprint density at radius 1 is 1.40 bits per heavy atom. The van der Waals surface area contributed by atoms with Gasteiger partial charge in [0.05, 0.1) is 0 Å². The van der Waals surface area contributed by atoms with Gasteiger partial charge in [-0.15, -0.1) is 0 Å². The predicted molar refractivity (Wildman–Crippen MR) is 68.3 cm³/mol. The summed E-state index contributed by atoms with van der Waals surface area (Å²) in [7, 11) is 0. The first-order valence-electron chi connectivity index (χ1n) is 6.29. The summed E-state index contributed by atoms with van der Waals surface area (Å²) in [6.07, 6.45) is 4.07. The Morgan fingerprint density at radius 2 is 2.20 bits per heavy atom. The van der Waals surface area contributed by atoms with Crippen molar-refractivity contribution in [2.45, 2.75) is 50.4 Å². The van der Waals surface area contributed by atoms with Crippen LogP contribution in [-0.4, -0.2) is 41.1 Å². The average molecular weight is 228 g/mol. The first-order valence-corrected chi connectivity index (χ1v) is 7.34. The summed E-state index contributed by atoms with van der Waals surface area (Å²) in [5.41, 5.74) is 6.03. The van der Waals surface area contributed by atoms with Gasteiger partial charge in [-0.05, 0) is 44.4 Å². The van der Waals surface area contributed by atoms with E-state index in [0.717, 1.165) is 17.2 Å². The minimum Gasteiger partial charge on any atom is -0.328 e. The summed E-state index contributed by atoms with van der Waals surface area (Å²) >= 11 is 2.14. The topological polar surface area (TPSA) is 29.3 Å². The van der Waals surface area contributed by atoms with Crippen LogP contribution in [0.1, 0.15) is 33.1 Å². The monoisotopic (exact) mass is 228 g/mol. The minimum absolute atomic E-state index is 0.372. The molecule has 2 nitrogen and oxygen atoms in total. The number of piperidine rings is 1. The Bertz CT molecular complexity index is 208. The molecule has 2 N–H and O–H groups in total. The summed E-state index contributed by atoms with van der Waals surface area (Å²) in [5.74, 6) is 2.09. The van der Waals surface area contributed by atoms with Crippen LogP contribution < -0.4 is 5.73 Å². The molecule has 0 bridgehead atoms.